The van der Waals surface area contributed by atoms with Gasteiger partial charge < -0.3 is 41.1 Å². The van der Waals surface area contributed by atoms with Crippen molar-refractivity contribution in [2.75, 3.05) is 11.9 Å². The summed E-state index contributed by atoms with van der Waals surface area (Å²) in [7, 11) is 0. The summed E-state index contributed by atoms with van der Waals surface area (Å²) in [5.74, 6) is -1.43. The normalized spacial score (nSPS) is 30.7. The molecule has 0 bridgehead atoms. The molecule has 1 aliphatic heterocycles. The zero-order chi connectivity index (χ0) is 28.0. The Kier molecular flexibility index (Phi) is 6.89. The second-order valence-corrected chi connectivity index (χ2v) is 10.2. The molecule has 2 aliphatic rings. The maximum Gasteiger partial charge on any atom is 0.342 e. The van der Waals surface area contributed by atoms with Crippen molar-refractivity contribution in [2.24, 2.45) is 0 Å². The van der Waals surface area contributed by atoms with E-state index in [1.807, 2.05) is 0 Å². The second kappa shape index (κ2) is 9.57. The molecule has 1 aliphatic carbocycles. The van der Waals surface area contributed by atoms with Crippen molar-refractivity contribution in [1.29, 1.82) is 0 Å². The highest BCUT2D eigenvalue weighted by molar-refractivity contribution is 5.95. The number of aryl methyl sites for hydroxylation is 1. The lowest BCUT2D eigenvalue weighted by Crippen LogP contribution is -2.72. The van der Waals surface area contributed by atoms with Gasteiger partial charge in [0.15, 0.2) is 11.4 Å². The topological polar surface area (TPSA) is 177 Å². The first kappa shape index (κ1) is 27.4. The lowest BCUT2D eigenvalue weighted by atomic mass is 9.72. The van der Waals surface area contributed by atoms with Crippen molar-refractivity contribution in [2.45, 2.75) is 69.0 Å². The number of amides is 2. The number of carbonyl (C=O) groups is 3. The average molecular weight is 528 g/mol. The van der Waals surface area contributed by atoms with Crippen LogP contribution < -0.4 is 16.0 Å². The molecule has 4 rings (SSSR count). The predicted molar refractivity (Wildman–Crippen MR) is 137 cm³/mol. The highest BCUT2D eigenvalue weighted by atomic mass is 16.5. The number of carbonyl (C=O) groups excluding carboxylic acids is 3. The Morgan fingerprint density at radius 2 is 1.87 bits per heavy atom. The number of anilines is 1. The number of rotatable bonds is 8. The number of aliphatic hydroxyl groups is 3. The molecular weight excluding hydrogens is 494 g/mol. The molecule has 0 spiro atoms. The molecule has 2 aromatic rings. The Morgan fingerprint density at radius 1 is 1.18 bits per heavy atom. The van der Waals surface area contributed by atoms with Gasteiger partial charge in [-0.25, -0.2) is 9.59 Å². The summed E-state index contributed by atoms with van der Waals surface area (Å²) in [5, 5.41) is 53.8. The highest BCUT2D eigenvalue weighted by Gasteiger charge is 2.79. The molecular formula is C27H33N3O8. The van der Waals surface area contributed by atoms with E-state index in [1.54, 1.807) is 50.2 Å². The zero-order valence-electron chi connectivity index (χ0n) is 21.6. The summed E-state index contributed by atoms with van der Waals surface area (Å²) in [6.45, 7) is 5.18. The molecule has 0 unspecified atom stereocenters. The van der Waals surface area contributed by atoms with E-state index < -0.39 is 53.5 Å². The summed E-state index contributed by atoms with van der Waals surface area (Å²) in [6.07, 6.45) is -1.19. The molecule has 0 aromatic heterocycles. The third-order valence-corrected chi connectivity index (χ3v) is 7.98. The van der Waals surface area contributed by atoms with Crippen molar-refractivity contribution >= 4 is 23.5 Å². The SMILES string of the molecule is CC[C@H](O)[C@]12NC(=O)N[C@H]1[C@H](Nc1cccc(C(C)=O)c1)[C@](O)(COC(=O)c1c(C)cccc1O)[C@]2(C)O. The quantitative estimate of drug-likeness (QED) is 0.196. The molecule has 1 heterocycles. The number of ether oxygens (including phenoxy) is 1. The van der Waals surface area contributed by atoms with E-state index in [1.165, 1.54) is 19.9 Å². The number of hydrogen-bond donors (Lipinski definition) is 7. The first-order chi connectivity index (χ1) is 17.8. The zero-order valence-corrected chi connectivity index (χ0v) is 21.6. The van der Waals surface area contributed by atoms with Gasteiger partial charge in [-0.2, -0.15) is 0 Å². The van der Waals surface area contributed by atoms with Crippen molar-refractivity contribution in [3.63, 3.8) is 0 Å². The van der Waals surface area contributed by atoms with Crippen LogP contribution in [0.2, 0.25) is 0 Å². The maximum absolute atomic E-state index is 13.0. The standard InChI is InChI=1S/C27H33N3O8/c1-5-19(33)27-22(29-24(35)30-27)21(28-17-10-7-9-16(12-17)15(3)31)26(37,25(27,4)36)13-38-23(34)20-14(2)8-6-11-18(20)32/h6-12,19,21-22,28,32-33,36-37H,5,13H2,1-4H3,(H2,29,30,35)/t19-,21-,22-,25-,26+,27-/m0/s1. The first-order valence-electron chi connectivity index (χ1n) is 12.3. The smallest absolute Gasteiger partial charge is 0.342 e. The van der Waals surface area contributed by atoms with Gasteiger partial charge >= 0.3 is 12.0 Å². The minimum Gasteiger partial charge on any atom is -0.507 e. The number of Topliss-reactive ketones (excluding diaryl/α,β-unsaturated/α-hetero) is 1. The van der Waals surface area contributed by atoms with Crippen LogP contribution in [0, 0.1) is 6.92 Å². The number of ketones is 1. The maximum atomic E-state index is 13.0. The number of phenolic OH excluding ortho intramolecular Hbond substituents is 1. The van der Waals surface area contributed by atoms with Gasteiger partial charge in [-0.05, 0) is 51.0 Å². The van der Waals surface area contributed by atoms with Gasteiger partial charge in [-0.15, -0.1) is 0 Å². The lowest BCUT2D eigenvalue weighted by Gasteiger charge is -2.46. The number of hydrogen-bond acceptors (Lipinski definition) is 9. The summed E-state index contributed by atoms with van der Waals surface area (Å²) in [4.78, 5) is 37.5. The number of aliphatic hydroxyl groups excluding tert-OH is 1. The number of nitrogens with one attached hydrogen (secondary N) is 3. The fourth-order valence-electron chi connectivity index (χ4n) is 5.81. The van der Waals surface area contributed by atoms with Gasteiger partial charge in [-0.1, -0.05) is 31.2 Å². The van der Waals surface area contributed by atoms with Crippen molar-refractivity contribution in [1.82, 2.24) is 10.6 Å². The highest BCUT2D eigenvalue weighted by Crippen LogP contribution is 2.52. The Labute approximate surface area is 219 Å². The summed E-state index contributed by atoms with van der Waals surface area (Å²) < 4.78 is 5.47. The molecule has 38 heavy (non-hydrogen) atoms. The Morgan fingerprint density at radius 3 is 2.50 bits per heavy atom. The molecule has 2 aromatic carbocycles. The summed E-state index contributed by atoms with van der Waals surface area (Å²) in [5.41, 5.74) is -5.18. The molecule has 7 N–H and O–H groups in total. The molecule has 204 valence electrons. The Hall–Kier alpha value is -3.67. The molecule has 1 saturated heterocycles. The summed E-state index contributed by atoms with van der Waals surface area (Å²) in [6, 6.07) is 8.00. The van der Waals surface area contributed by atoms with Crippen molar-refractivity contribution in [3.8, 4) is 5.75 Å². The van der Waals surface area contributed by atoms with Crippen LogP contribution in [0.4, 0.5) is 10.5 Å². The number of fused-ring (bicyclic) bond motifs is 1. The van der Waals surface area contributed by atoms with Gasteiger partial charge in [0.05, 0.1) is 18.2 Å². The van der Waals surface area contributed by atoms with Crippen LogP contribution in [0.5, 0.6) is 5.75 Å². The fraction of sp³-hybridized carbons (Fsp3) is 0.444. The average Bonchev–Trinajstić information content (AvgIpc) is 3.28. The van der Waals surface area contributed by atoms with Crippen molar-refractivity contribution < 1.29 is 39.5 Å². The van der Waals surface area contributed by atoms with E-state index in [0.29, 0.717) is 16.8 Å². The molecule has 6 atom stereocenters. The van der Waals surface area contributed by atoms with E-state index in [9.17, 15) is 34.8 Å². The molecule has 0 radical (unpaired) electrons. The lowest BCUT2D eigenvalue weighted by molar-refractivity contribution is -0.186. The molecule has 11 nitrogen and oxygen atoms in total. The molecule has 2 amide bonds. The minimum absolute atomic E-state index is 0.0951. The van der Waals surface area contributed by atoms with E-state index >= 15 is 0 Å². The van der Waals surface area contributed by atoms with Gasteiger partial charge in [0.1, 0.15) is 29.1 Å². The van der Waals surface area contributed by atoms with E-state index in [2.05, 4.69) is 16.0 Å². The third kappa shape index (κ3) is 3.98. The van der Waals surface area contributed by atoms with Gasteiger partial charge in [0, 0.05) is 11.3 Å². The van der Waals surface area contributed by atoms with Crippen LogP contribution in [0.25, 0.3) is 0 Å². The van der Waals surface area contributed by atoms with Gasteiger partial charge in [0.25, 0.3) is 0 Å². The van der Waals surface area contributed by atoms with Crippen molar-refractivity contribution in [3.05, 3.63) is 59.2 Å². The van der Waals surface area contributed by atoms with Gasteiger partial charge in [-0.3, -0.25) is 4.79 Å². The Balaban J connectivity index is 1.78. The van der Waals surface area contributed by atoms with E-state index in [4.69, 9.17) is 4.74 Å². The number of phenols is 1. The molecule has 11 heteroatoms. The molecule has 1 saturated carbocycles. The number of aromatic hydroxyl groups is 1. The van der Waals surface area contributed by atoms with E-state index in [-0.39, 0.29) is 23.5 Å². The van der Waals surface area contributed by atoms with Crippen LogP contribution in [0.15, 0.2) is 42.5 Å². The van der Waals surface area contributed by atoms with E-state index in [0.717, 1.165) is 0 Å². The Bertz CT molecular complexity index is 1260. The number of esters is 1. The third-order valence-electron chi connectivity index (χ3n) is 7.98. The number of urea groups is 1. The summed E-state index contributed by atoms with van der Waals surface area (Å²) >= 11 is 0. The van der Waals surface area contributed by atoms with Gasteiger partial charge in [0.2, 0.25) is 0 Å². The minimum atomic E-state index is -2.28. The largest absolute Gasteiger partial charge is 0.507 e. The number of benzene rings is 2. The second-order valence-electron chi connectivity index (χ2n) is 10.2. The predicted octanol–water partition coefficient (Wildman–Crippen LogP) is 1.23. The van der Waals surface area contributed by atoms with Crippen LogP contribution in [0.1, 0.15) is 53.5 Å². The van der Waals surface area contributed by atoms with Crippen LogP contribution in [-0.4, -0.2) is 79.7 Å². The van der Waals surface area contributed by atoms with Crippen LogP contribution >= 0.6 is 0 Å². The van der Waals surface area contributed by atoms with Crippen LogP contribution in [-0.2, 0) is 4.74 Å². The fourth-order valence-corrected chi connectivity index (χ4v) is 5.81. The molecule has 2 fully saturated rings. The first-order valence-corrected chi connectivity index (χ1v) is 12.3. The van der Waals surface area contributed by atoms with Crippen LogP contribution in [0.3, 0.4) is 0 Å². The monoisotopic (exact) mass is 527 g/mol.